The van der Waals surface area contributed by atoms with Crippen molar-refractivity contribution in [2.45, 2.75) is 84.3 Å². The predicted octanol–water partition coefficient (Wildman–Crippen LogP) is 5.73. The summed E-state index contributed by atoms with van der Waals surface area (Å²) in [6.07, 6.45) is 7.99. The molecule has 8 nitrogen and oxygen atoms in total. The van der Waals surface area contributed by atoms with E-state index >= 15 is 0 Å². The third-order valence-corrected chi connectivity index (χ3v) is 6.99. The molecule has 2 rings (SSSR count). The molecule has 1 aliphatic rings. The van der Waals surface area contributed by atoms with Gasteiger partial charge in [0, 0.05) is 6.42 Å². The minimum atomic E-state index is -1.34. The molecule has 2 unspecified atom stereocenters. The number of hydrogen-bond donors (Lipinski definition) is 2. The van der Waals surface area contributed by atoms with E-state index in [2.05, 4.69) is 6.92 Å². The Morgan fingerprint density at radius 3 is 2.47 bits per heavy atom. The van der Waals surface area contributed by atoms with Crippen LogP contribution >= 0.6 is 24.0 Å². The smallest absolute Gasteiger partial charge is 0.326 e. The average Bonchev–Trinajstić information content (AvgIpc) is 3.08. The maximum absolute atomic E-state index is 13.0. The minimum absolute atomic E-state index is 0.0340. The van der Waals surface area contributed by atoms with Crippen LogP contribution in [-0.2, 0) is 14.4 Å². The highest BCUT2D eigenvalue weighted by molar-refractivity contribution is 8.26. The van der Waals surface area contributed by atoms with Gasteiger partial charge in [0.05, 0.1) is 17.6 Å². The Balaban J connectivity index is 2.15. The normalized spacial score (nSPS) is 16.3. The Kier molecular flexibility index (Phi) is 12.2. The largest absolute Gasteiger partial charge is 0.490 e. The number of benzene rings is 1. The highest BCUT2D eigenvalue weighted by Crippen LogP contribution is 2.37. The van der Waals surface area contributed by atoms with Gasteiger partial charge < -0.3 is 19.7 Å². The van der Waals surface area contributed by atoms with Gasteiger partial charge >= 0.3 is 11.9 Å². The Labute approximate surface area is 222 Å². The van der Waals surface area contributed by atoms with Crippen LogP contribution in [0.25, 0.3) is 6.08 Å². The third kappa shape index (κ3) is 8.81. The molecule has 1 aliphatic heterocycles. The van der Waals surface area contributed by atoms with Gasteiger partial charge in [0.2, 0.25) is 0 Å². The van der Waals surface area contributed by atoms with E-state index in [0.717, 1.165) is 29.5 Å². The van der Waals surface area contributed by atoms with Crippen LogP contribution in [0.4, 0.5) is 0 Å². The molecule has 1 heterocycles. The average molecular weight is 538 g/mol. The van der Waals surface area contributed by atoms with Crippen molar-refractivity contribution in [3.63, 3.8) is 0 Å². The summed E-state index contributed by atoms with van der Waals surface area (Å²) >= 11 is 6.24. The molecule has 0 bridgehead atoms. The summed E-state index contributed by atoms with van der Waals surface area (Å²) in [5.41, 5.74) is 0.677. The zero-order valence-electron chi connectivity index (χ0n) is 21.0. The first kappa shape index (κ1) is 29.6. The van der Waals surface area contributed by atoms with E-state index in [1.54, 1.807) is 24.3 Å². The number of thioether (sulfide) groups is 1. The van der Waals surface area contributed by atoms with Gasteiger partial charge in [-0.15, -0.1) is 0 Å². The Bertz CT molecular complexity index is 979. The maximum Gasteiger partial charge on any atom is 0.326 e. The van der Waals surface area contributed by atoms with Gasteiger partial charge in [0.25, 0.3) is 5.91 Å². The van der Waals surface area contributed by atoms with E-state index in [0.29, 0.717) is 23.7 Å². The monoisotopic (exact) mass is 537 g/mol. The summed E-state index contributed by atoms with van der Waals surface area (Å²) in [7, 11) is 0. The van der Waals surface area contributed by atoms with Crippen molar-refractivity contribution in [2.24, 2.45) is 0 Å². The van der Waals surface area contributed by atoms with E-state index in [1.165, 1.54) is 25.7 Å². The molecule has 2 N–H and O–H groups in total. The summed E-state index contributed by atoms with van der Waals surface area (Å²) < 4.78 is 12.0. The van der Waals surface area contributed by atoms with Gasteiger partial charge in [0.1, 0.15) is 10.4 Å². The number of amides is 1. The number of carbonyl (C=O) groups is 3. The highest BCUT2D eigenvalue weighted by atomic mass is 32.2. The van der Waals surface area contributed by atoms with Crippen LogP contribution in [0.5, 0.6) is 11.5 Å². The second kappa shape index (κ2) is 14.8. The van der Waals surface area contributed by atoms with Crippen LogP contribution in [0.2, 0.25) is 0 Å². The second-order valence-corrected chi connectivity index (χ2v) is 10.3. The summed E-state index contributed by atoms with van der Waals surface area (Å²) in [5.74, 6) is -1.81. The van der Waals surface area contributed by atoms with Gasteiger partial charge in [-0.2, -0.15) is 0 Å². The zero-order valence-corrected chi connectivity index (χ0v) is 22.7. The molecule has 0 spiro atoms. The van der Waals surface area contributed by atoms with Gasteiger partial charge in [-0.3, -0.25) is 14.5 Å². The summed E-state index contributed by atoms with van der Waals surface area (Å²) in [4.78, 5) is 36.8. The number of nitrogens with zero attached hydrogens (tertiary/aromatic N) is 1. The molecule has 0 saturated carbocycles. The number of hydrogen-bond acceptors (Lipinski definition) is 7. The number of unbranched alkanes of at least 4 members (excludes halogenated alkanes) is 4. The van der Waals surface area contributed by atoms with Crippen LogP contribution in [-0.4, -0.2) is 56.0 Å². The van der Waals surface area contributed by atoms with E-state index in [1.807, 2.05) is 13.8 Å². The van der Waals surface area contributed by atoms with E-state index in [4.69, 9.17) is 26.8 Å². The fourth-order valence-electron chi connectivity index (χ4n) is 3.81. The molecule has 1 aromatic rings. The molecule has 1 saturated heterocycles. The highest BCUT2D eigenvalue weighted by Gasteiger charge is 2.40. The van der Waals surface area contributed by atoms with Crippen LogP contribution in [0, 0.1) is 0 Å². The standard InChI is InChI=1S/C26H35NO7S2/c1-4-6-7-8-9-10-17(3)34-20-13-11-18(15-21(20)33-5-2)16-22-24(30)27(26(35)36-22)19(25(31)32)12-14-23(28)29/h11,13,15-17,19H,4-10,12,14H2,1-3H3,(H,28,29)(H,31,32)/b22-16+. The fraction of sp³-hybridized carbons (Fsp3) is 0.538. The first-order valence-electron chi connectivity index (χ1n) is 12.3. The first-order valence-corrected chi connectivity index (χ1v) is 13.6. The summed E-state index contributed by atoms with van der Waals surface area (Å²) in [5, 5.41) is 18.5. The molecular weight excluding hydrogens is 502 g/mol. The number of carboxylic acid groups (broad SMARTS) is 2. The topological polar surface area (TPSA) is 113 Å². The molecule has 0 aliphatic carbocycles. The SMILES string of the molecule is CCCCCCCC(C)Oc1ccc(/C=C2/SC(=S)N(C(CCC(=O)O)C(=O)O)C2=O)cc1OCC. The van der Waals surface area contributed by atoms with Crippen molar-refractivity contribution >= 4 is 52.2 Å². The van der Waals surface area contributed by atoms with Crippen molar-refractivity contribution in [2.75, 3.05) is 6.61 Å². The van der Waals surface area contributed by atoms with Gasteiger partial charge in [0.15, 0.2) is 11.5 Å². The third-order valence-electron chi connectivity index (χ3n) is 5.66. The van der Waals surface area contributed by atoms with Gasteiger partial charge in [-0.25, -0.2) is 4.79 Å². The number of carboxylic acids is 2. The van der Waals surface area contributed by atoms with E-state index in [-0.39, 0.29) is 28.2 Å². The molecule has 10 heteroatoms. The van der Waals surface area contributed by atoms with Crippen molar-refractivity contribution in [1.82, 2.24) is 4.90 Å². The molecule has 1 fully saturated rings. The summed E-state index contributed by atoms with van der Waals surface area (Å²) in [6, 6.07) is 4.05. The molecule has 0 radical (unpaired) electrons. The number of ether oxygens (including phenoxy) is 2. The predicted molar refractivity (Wildman–Crippen MR) is 144 cm³/mol. The summed E-state index contributed by atoms with van der Waals surface area (Å²) in [6.45, 7) is 6.55. The van der Waals surface area contributed by atoms with Crippen LogP contribution < -0.4 is 9.47 Å². The molecule has 1 amide bonds. The molecule has 2 atom stereocenters. The van der Waals surface area contributed by atoms with Crippen LogP contribution in [0.1, 0.15) is 77.7 Å². The lowest BCUT2D eigenvalue weighted by Gasteiger charge is -2.22. The number of rotatable bonds is 16. The molecule has 36 heavy (non-hydrogen) atoms. The lowest BCUT2D eigenvalue weighted by Crippen LogP contribution is -2.44. The Morgan fingerprint density at radius 2 is 1.83 bits per heavy atom. The minimum Gasteiger partial charge on any atom is -0.490 e. The number of aliphatic carboxylic acids is 2. The van der Waals surface area contributed by atoms with Crippen LogP contribution in [0.3, 0.4) is 0 Å². The quantitative estimate of drug-likeness (QED) is 0.155. The molecule has 0 aromatic heterocycles. The molecular formula is C26H35NO7S2. The first-order chi connectivity index (χ1) is 17.2. The van der Waals surface area contributed by atoms with E-state index in [9.17, 15) is 19.5 Å². The lowest BCUT2D eigenvalue weighted by atomic mass is 10.1. The number of carbonyl (C=O) groups excluding carboxylic acids is 1. The van der Waals surface area contributed by atoms with Crippen molar-refractivity contribution in [3.8, 4) is 11.5 Å². The Hall–Kier alpha value is -2.59. The van der Waals surface area contributed by atoms with Gasteiger partial charge in [-0.1, -0.05) is 62.7 Å². The maximum atomic E-state index is 13.0. The lowest BCUT2D eigenvalue weighted by molar-refractivity contribution is -0.146. The zero-order chi connectivity index (χ0) is 26.7. The van der Waals surface area contributed by atoms with E-state index < -0.39 is 23.9 Å². The fourth-order valence-corrected chi connectivity index (χ4v) is 5.17. The van der Waals surface area contributed by atoms with Crippen molar-refractivity contribution < 1.29 is 34.1 Å². The van der Waals surface area contributed by atoms with Crippen LogP contribution in [0.15, 0.2) is 23.1 Å². The second-order valence-electron chi connectivity index (χ2n) is 8.61. The molecule has 1 aromatic carbocycles. The van der Waals surface area contributed by atoms with Gasteiger partial charge in [-0.05, 0) is 56.9 Å². The van der Waals surface area contributed by atoms with Crippen molar-refractivity contribution in [3.05, 3.63) is 28.7 Å². The Morgan fingerprint density at radius 1 is 1.11 bits per heavy atom. The number of thiocarbonyl (C=S) groups is 1. The van der Waals surface area contributed by atoms with Crippen molar-refractivity contribution in [1.29, 1.82) is 0 Å². The molecule has 198 valence electrons.